The van der Waals surface area contributed by atoms with E-state index >= 15 is 0 Å². The third kappa shape index (κ3) is 1.59. The summed E-state index contributed by atoms with van der Waals surface area (Å²) in [4.78, 5) is 11.3. The van der Waals surface area contributed by atoms with Gasteiger partial charge in [-0.15, -0.1) is 23.1 Å². The summed E-state index contributed by atoms with van der Waals surface area (Å²) in [5, 5.41) is 6.31. The summed E-state index contributed by atoms with van der Waals surface area (Å²) in [6, 6.07) is 2.11. The van der Waals surface area contributed by atoms with Crippen LogP contribution in [0.25, 0.3) is 0 Å². The van der Waals surface area contributed by atoms with Crippen molar-refractivity contribution in [1.82, 2.24) is 5.43 Å². The highest BCUT2D eigenvalue weighted by atomic mass is 32.2. The minimum absolute atomic E-state index is 0.0485. The number of rotatable bonds is 0. The minimum atomic E-state index is 0.0485. The first-order valence-corrected chi connectivity index (χ1v) is 6.78. The topological polar surface area (TPSA) is 41.5 Å². The first-order chi connectivity index (χ1) is 7.34. The molecule has 0 spiro atoms. The van der Waals surface area contributed by atoms with Gasteiger partial charge in [-0.25, -0.2) is 5.43 Å². The third-order valence-electron chi connectivity index (χ3n) is 2.72. The van der Waals surface area contributed by atoms with Crippen molar-refractivity contribution < 1.29 is 4.79 Å². The number of fused-ring (bicyclic) bond motifs is 3. The van der Waals surface area contributed by atoms with E-state index in [-0.39, 0.29) is 5.91 Å². The van der Waals surface area contributed by atoms with Gasteiger partial charge in [0.1, 0.15) is 0 Å². The molecule has 5 heteroatoms. The number of nitrogens with one attached hydrogen (secondary N) is 1. The Labute approximate surface area is 95.9 Å². The molecule has 2 aliphatic heterocycles. The van der Waals surface area contributed by atoms with E-state index in [1.165, 1.54) is 9.77 Å². The van der Waals surface area contributed by atoms with Crippen LogP contribution in [0.5, 0.6) is 0 Å². The molecule has 0 bridgehead atoms. The fraction of sp³-hybridized carbons (Fsp3) is 0.400. The van der Waals surface area contributed by atoms with Gasteiger partial charge in [0.05, 0.1) is 9.92 Å². The van der Waals surface area contributed by atoms with E-state index in [4.69, 9.17) is 0 Å². The number of thiophene rings is 1. The number of carbonyl (C=O) groups excluding carboxylic acids is 1. The first kappa shape index (κ1) is 9.42. The Hall–Kier alpha value is -0.810. The maximum Gasteiger partial charge on any atom is 0.240 e. The van der Waals surface area contributed by atoms with E-state index in [1.807, 2.05) is 11.8 Å². The van der Waals surface area contributed by atoms with Gasteiger partial charge in [-0.3, -0.25) is 4.79 Å². The molecule has 1 unspecified atom stereocenters. The van der Waals surface area contributed by atoms with Gasteiger partial charge in [0.25, 0.3) is 0 Å². The molecule has 78 valence electrons. The predicted octanol–water partition coefficient (Wildman–Crippen LogP) is 2.08. The van der Waals surface area contributed by atoms with Crippen molar-refractivity contribution in [3.05, 3.63) is 17.0 Å². The first-order valence-electron chi connectivity index (χ1n) is 4.91. The van der Waals surface area contributed by atoms with Gasteiger partial charge in [0.15, 0.2) is 0 Å². The number of carbonyl (C=O) groups is 1. The largest absolute Gasteiger partial charge is 0.273 e. The predicted molar refractivity (Wildman–Crippen MR) is 62.4 cm³/mol. The summed E-state index contributed by atoms with van der Waals surface area (Å²) in [6.07, 6.45) is 1.65. The zero-order valence-electron chi connectivity index (χ0n) is 8.03. The third-order valence-corrected chi connectivity index (χ3v) is 4.99. The van der Waals surface area contributed by atoms with Crippen LogP contribution >= 0.6 is 23.1 Å². The summed E-state index contributed by atoms with van der Waals surface area (Å²) in [6.45, 7) is 0. The second-order valence-electron chi connectivity index (χ2n) is 3.69. The maximum absolute atomic E-state index is 11.3. The highest BCUT2D eigenvalue weighted by Gasteiger charge is 2.29. The number of thioether (sulfide) groups is 1. The Kier molecular flexibility index (Phi) is 2.29. The number of hydrazone groups is 1. The van der Waals surface area contributed by atoms with Gasteiger partial charge >= 0.3 is 0 Å². The molecule has 0 radical (unpaired) electrons. The van der Waals surface area contributed by atoms with Crippen LogP contribution in [-0.2, 0) is 4.79 Å². The molecule has 15 heavy (non-hydrogen) atoms. The summed E-state index contributed by atoms with van der Waals surface area (Å²) in [5.41, 5.74) is 4.89. The molecule has 1 aromatic heterocycles. The Morgan fingerprint density at radius 3 is 3.40 bits per heavy atom. The summed E-state index contributed by atoms with van der Waals surface area (Å²) in [5.74, 6) is 1.46. The van der Waals surface area contributed by atoms with Crippen LogP contribution in [0.2, 0.25) is 0 Å². The van der Waals surface area contributed by atoms with Crippen LogP contribution in [0.1, 0.15) is 18.4 Å². The number of amides is 1. The van der Waals surface area contributed by atoms with Gasteiger partial charge in [-0.05, 0) is 23.6 Å². The van der Waals surface area contributed by atoms with Crippen LogP contribution in [0, 0.1) is 5.92 Å². The zero-order valence-corrected chi connectivity index (χ0v) is 9.66. The van der Waals surface area contributed by atoms with Crippen molar-refractivity contribution in [2.75, 3.05) is 5.75 Å². The van der Waals surface area contributed by atoms with E-state index in [0.29, 0.717) is 12.3 Å². The summed E-state index contributed by atoms with van der Waals surface area (Å²) >= 11 is 3.65. The molecular weight excluding hydrogens is 228 g/mol. The molecule has 1 amide bonds. The molecule has 0 saturated heterocycles. The van der Waals surface area contributed by atoms with Crippen molar-refractivity contribution in [3.63, 3.8) is 0 Å². The second kappa shape index (κ2) is 3.64. The summed E-state index contributed by atoms with van der Waals surface area (Å²) < 4.78 is 1.34. The molecule has 0 saturated carbocycles. The van der Waals surface area contributed by atoms with Crippen LogP contribution in [0.4, 0.5) is 0 Å². The fourth-order valence-electron chi connectivity index (χ4n) is 1.99. The average Bonchev–Trinajstić information content (AvgIpc) is 2.61. The van der Waals surface area contributed by atoms with Gasteiger partial charge in [0.2, 0.25) is 5.91 Å². The van der Waals surface area contributed by atoms with Crippen LogP contribution in [0.3, 0.4) is 0 Å². The normalized spacial score (nSPS) is 24.7. The number of nitrogens with zero attached hydrogens (tertiary/aromatic N) is 1. The van der Waals surface area contributed by atoms with E-state index < -0.39 is 0 Å². The van der Waals surface area contributed by atoms with E-state index in [2.05, 4.69) is 22.0 Å². The molecule has 0 aliphatic carbocycles. The van der Waals surface area contributed by atoms with Crippen LogP contribution in [0.15, 0.2) is 20.8 Å². The van der Waals surface area contributed by atoms with Crippen molar-refractivity contribution in [1.29, 1.82) is 0 Å². The van der Waals surface area contributed by atoms with Gasteiger partial charge in [-0.1, -0.05) is 0 Å². The zero-order chi connectivity index (χ0) is 10.3. The molecule has 3 heterocycles. The lowest BCUT2D eigenvalue weighted by molar-refractivity contribution is -0.122. The second-order valence-corrected chi connectivity index (χ2v) is 5.97. The average molecular weight is 238 g/mol. The molecule has 1 atom stereocenters. The smallest absolute Gasteiger partial charge is 0.240 e. The minimum Gasteiger partial charge on any atom is -0.273 e. The summed E-state index contributed by atoms with van der Waals surface area (Å²) in [7, 11) is 0. The highest BCUT2D eigenvalue weighted by Crippen LogP contribution is 2.37. The van der Waals surface area contributed by atoms with E-state index in [1.54, 1.807) is 11.3 Å². The Balaban J connectivity index is 2.07. The maximum atomic E-state index is 11.3. The van der Waals surface area contributed by atoms with Gasteiger partial charge < -0.3 is 0 Å². The van der Waals surface area contributed by atoms with Crippen molar-refractivity contribution in [2.45, 2.75) is 17.1 Å². The molecule has 0 aromatic carbocycles. The molecule has 3 nitrogen and oxygen atoms in total. The molecule has 0 fully saturated rings. The SMILES string of the molecule is O=C1CC2CCSc3sccc3C2=NN1. The Morgan fingerprint density at radius 1 is 1.53 bits per heavy atom. The molecule has 3 rings (SSSR count). The number of hydrogen-bond acceptors (Lipinski definition) is 4. The Bertz CT molecular complexity index is 438. The monoisotopic (exact) mass is 238 g/mol. The van der Waals surface area contributed by atoms with Crippen molar-refractivity contribution >= 4 is 34.7 Å². The van der Waals surface area contributed by atoms with Gasteiger partial charge in [0, 0.05) is 17.9 Å². The lowest BCUT2D eigenvalue weighted by Gasteiger charge is -2.20. The molecular formula is C10H10N2OS2. The standard InChI is InChI=1S/C10H10N2OS2/c13-8-5-6-1-3-14-10-7(2-4-15-10)9(6)12-11-8/h2,4,6H,1,3,5H2,(H,11,13). The molecule has 2 aliphatic rings. The van der Waals surface area contributed by atoms with E-state index in [9.17, 15) is 4.79 Å². The van der Waals surface area contributed by atoms with Crippen LogP contribution in [-0.4, -0.2) is 17.4 Å². The van der Waals surface area contributed by atoms with Crippen molar-refractivity contribution in [3.8, 4) is 0 Å². The Morgan fingerprint density at radius 2 is 2.47 bits per heavy atom. The van der Waals surface area contributed by atoms with E-state index in [0.717, 1.165) is 17.9 Å². The highest BCUT2D eigenvalue weighted by molar-refractivity contribution is 8.01. The fourth-order valence-corrected chi connectivity index (χ4v) is 4.22. The molecule has 1 N–H and O–H groups in total. The lowest BCUT2D eigenvalue weighted by atomic mass is 9.92. The quantitative estimate of drug-likeness (QED) is 0.752. The van der Waals surface area contributed by atoms with Gasteiger partial charge in [-0.2, -0.15) is 5.10 Å². The van der Waals surface area contributed by atoms with Crippen molar-refractivity contribution in [2.24, 2.45) is 11.0 Å². The lowest BCUT2D eigenvalue weighted by Crippen LogP contribution is -2.33. The number of hydrogen-bond donors (Lipinski definition) is 1. The molecule has 1 aromatic rings. The van der Waals surface area contributed by atoms with Crippen LogP contribution < -0.4 is 5.43 Å².